The Kier molecular flexibility index (Phi) is 9.85. The van der Waals surface area contributed by atoms with Gasteiger partial charge >= 0.3 is 0 Å². The van der Waals surface area contributed by atoms with Crippen molar-refractivity contribution in [1.82, 2.24) is 0 Å². The Bertz CT molecular complexity index is 4450. The fraction of sp³-hybridized carbons (Fsp3) is 0.0649. The molecule has 2 nitrogen and oxygen atoms in total. The van der Waals surface area contributed by atoms with Crippen LogP contribution >= 0.6 is 0 Å². The summed E-state index contributed by atoms with van der Waals surface area (Å²) in [7, 11) is 0. The number of fused-ring (bicyclic) bond motifs is 20. The lowest BCUT2D eigenvalue weighted by atomic mass is 9.70. The molecule has 2 unspecified atom stereocenters. The highest BCUT2D eigenvalue weighted by Gasteiger charge is 2.53. The van der Waals surface area contributed by atoms with Crippen molar-refractivity contribution in [3.8, 4) is 55.6 Å². The van der Waals surface area contributed by atoms with Crippen LogP contribution in [0.1, 0.15) is 61.2 Å². The zero-order chi connectivity index (χ0) is 52.6. The lowest BCUT2D eigenvalue weighted by Gasteiger charge is -2.32. The summed E-state index contributed by atoms with van der Waals surface area (Å²) in [6.07, 6.45) is 0. The molecule has 372 valence electrons. The highest BCUT2D eigenvalue weighted by Crippen LogP contribution is 2.65. The fourth-order valence-electron chi connectivity index (χ4n) is 14.6. The van der Waals surface area contributed by atoms with Crippen molar-refractivity contribution in [2.24, 2.45) is 0 Å². The fourth-order valence-corrected chi connectivity index (χ4v) is 14.6. The first-order valence-corrected chi connectivity index (χ1v) is 27.7. The smallest absolute Gasteiger partial charge is 0.0726 e. The number of anilines is 6. The van der Waals surface area contributed by atoms with Gasteiger partial charge in [-0.1, -0.05) is 211 Å². The number of rotatable bonds is 7. The van der Waals surface area contributed by atoms with Gasteiger partial charge in [-0.15, -0.1) is 0 Å². The Morgan fingerprint density at radius 2 is 0.494 bits per heavy atom. The van der Waals surface area contributed by atoms with E-state index in [-0.39, 0.29) is 0 Å². The zero-order valence-electron chi connectivity index (χ0n) is 44.4. The molecule has 0 radical (unpaired) electrons. The van der Waals surface area contributed by atoms with Gasteiger partial charge in [0.1, 0.15) is 0 Å². The van der Waals surface area contributed by atoms with E-state index < -0.39 is 10.8 Å². The molecular formula is C77H54N2. The first-order valence-electron chi connectivity index (χ1n) is 27.7. The summed E-state index contributed by atoms with van der Waals surface area (Å²) in [4.78, 5) is 4.86. The minimum Gasteiger partial charge on any atom is -0.310 e. The molecule has 12 aromatic rings. The van der Waals surface area contributed by atoms with E-state index in [1.807, 2.05) is 0 Å². The predicted molar refractivity (Wildman–Crippen MR) is 328 cm³/mol. The summed E-state index contributed by atoms with van der Waals surface area (Å²) in [5, 5.41) is 0. The summed E-state index contributed by atoms with van der Waals surface area (Å²) in [5.74, 6) is 0. The number of para-hydroxylation sites is 1. The Morgan fingerprint density at radius 1 is 0.203 bits per heavy atom. The minimum absolute atomic E-state index is 0.435. The molecule has 0 saturated carbocycles. The SMILES string of the molecule is Cc1cccc(N(c2ccc(-c3ccc(N(c4ccccc4)c4ccc5c(c4)C4(c6ccccc6-c6ccc(C)cc64)c4ccccc4-5)cc3)cc2)c2ccc3c(c2)C2(c4ccccc4-c4ccc(C)cc42)c2ccccc2-3)c1. The van der Waals surface area contributed by atoms with Gasteiger partial charge in [-0.3, -0.25) is 0 Å². The van der Waals surface area contributed by atoms with E-state index in [4.69, 9.17) is 0 Å². The number of hydrogen-bond acceptors (Lipinski definition) is 2. The van der Waals surface area contributed by atoms with Gasteiger partial charge in [-0.2, -0.15) is 0 Å². The van der Waals surface area contributed by atoms with E-state index >= 15 is 0 Å². The minimum atomic E-state index is -0.438. The van der Waals surface area contributed by atoms with Crippen LogP contribution in [0.15, 0.2) is 273 Å². The van der Waals surface area contributed by atoms with E-state index in [0.29, 0.717) is 0 Å². The second-order valence-corrected chi connectivity index (χ2v) is 22.2. The second-order valence-electron chi connectivity index (χ2n) is 22.2. The summed E-state index contributed by atoms with van der Waals surface area (Å²) < 4.78 is 0. The molecule has 0 amide bonds. The molecule has 0 bridgehead atoms. The van der Waals surface area contributed by atoms with Crippen LogP contribution in [-0.2, 0) is 10.8 Å². The third-order valence-corrected chi connectivity index (χ3v) is 17.8. The standard InChI is InChI=1S/C77H54N2/c1-49-16-15-19-57(44-49)79(59-39-43-67-63-23-10-14-27-71(63)77(75(67)48-59)69-25-12-8-21-61(69)65-41-29-51(3)46-73(65)77)56-36-32-53(33-37-56)52-30-34-55(35-31-52)78(54-17-5-4-6-18-54)58-38-42-66-62-22-9-13-26-70(62)76(74(66)47-58)68-24-11-7-20-60(68)64-40-28-50(2)45-72(64)76/h4-48H,1-3H3. The zero-order valence-corrected chi connectivity index (χ0v) is 44.4. The lowest BCUT2D eigenvalue weighted by Crippen LogP contribution is -2.26. The molecule has 0 fully saturated rings. The van der Waals surface area contributed by atoms with Crippen molar-refractivity contribution >= 4 is 34.1 Å². The largest absolute Gasteiger partial charge is 0.310 e. The molecule has 0 aliphatic heterocycles. The van der Waals surface area contributed by atoms with Gasteiger partial charge in [-0.05, 0) is 199 Å². The lowest BCUT2D eigenvalue weighted by molar-refractivity contribution is 0.792. The highest BCUT2D eigenvalue weighted by molar-refractivity contribution is 5.98. The van der Waals surface area contributed by atoms with Crippen LogP contribution in [0.4, 0.5) is 34.1 Å². The summed E-state index contributed by atoms with van der Waals surface area (Å²) in [6.45, 7) is 6.64. The third kappa shape index (κ3) is 6.40. The van der Waals surface area contributed by atoms with E-state index in [2.05, 4.69) is 304 Å². The third-order valence-electron chi connectivity index (χ3n) is 17.8. The number of hydrogen-bond donors (Lipinski definition) is 0. The van der Waals surface area contributed by atoms with Crippen LogP contribution in [0.3, 0.4) is 0 Å². The number of aryl methyl sites for hydroxylation is 3. The quantitative estimate of drug-likeness (QED) is 0.157. The van der Waals surface area contributed by atoms with E-state index in [9.17, 15) is 0 Å². The van der Waals surface area contributed by atoms with Gasteiger partial charge in [0.15, 0.2) is 0 Å². The maximum absolute atomic E-state index is 2.49. The van der Waals surface area contributed by atoms with Crippen LogP contribution in [0, 0.1) is 20.8 Å². The van der Waals surface area contributed by atoms with Crippen LogP contribution in [0.25, 0.3) is 55.6 Å². The summed E-state index contributed by atoms with van der Waals surface area (Å²) in [5.41, 5.74) is 33.2. The van der Waals surface area contributed by atoms with Crippen molar-refractivity contribution in [1.29, 1.82) is 0 Å². The summed E-state index contributed by atoms with van der Waals surface area (Å²) >= 11 is 0. The highest BCUT2D eigenvalue weighted by atomic mass is 15.1. The molecule has 79 heavy (non-hydrogen) atoms. The van der Waals surface area contributed by atoms with Gasteiger partial charge in [0, 0.05) is 34.1 Å². The topological polar surface area (TPSA) is 6.48 Å². The van der Waals surface area contributed by atoms with Crippen molar-refractivity contribution in [2.75, 3.05) is 9.80 Å². The Morgan fingerprint density at radius 3 is 0.911 bits per heavy atom. The normalized spacial score (nSPS) is 16.1. The monoisotopic (exact) mass is 1010 g/mol. The number of nitrogens with zero attached hydrogens (tertiary/aromatic N) is 2. The van der Waals surface area contributed by atoms with Gasteiger partial charge in [0.05, 0.1) is 10.8 Å². The Hall–Kier alpha value is -9.76. The van der Waals surface area contributed by atoms with E-state index in [1.165, 1.54) is 106 Å². The molecule has 0 aromatic heterocycles. The average molecular weight is 1010 g/mol. The van der Waals surface area contributed by atoms with Crippen molar-refractivity contribution in [2.45, 2.75) is 31.6 Å². The molecule has 2 heteroatoms. The molecule has 2 atom stereocenters. The van der Waals surface area contributed by atoms with E-state index in [0.717, 1.165) is 45.3 Å². The van der Waals surface area contributed by atoms with Crippen LogP contribution in [0.5, 0.6) is 0 Å². The molecule has 12 aromatic carbocycles. The first-order chi connectivity index (χ1) is 38.9. The maximum Gasteiger partial charge on any atom is 0.0726 e. The second kappa shape index (κ2) is 17.1. The van der Waals surface area contributed by atoms with E-state index in [1.54, 1.807) is 0 Å². The molecular weight excluding hydrogens is 953 g/mol. The van der Waals surface area contributed by atoms with Crippen molar-refractivity contribution in [3.05, 3.63) is 334 Å². The predicted octanol–water partition coefficient (Wildman–Crippen LogP) is 19.9. The molecule has 0 N–H and O–H groups in total. The van der Waals surface area contributed by atoms with Gasteiger partial charge < -0.3 is 9.80 Å². The first kappa shape index (κ1) is 45.4. The van der Waals surface area contributed by atoms with Crippen molar-refractivity contribution < 1.29 is 0 Å². The van der Waals surface area contributed by atoms with Gasteiger partial charge in [0.2, 0.25) is 0 Å². The average Bonchev–Trinajstić information content (AvgIpc) is 2.15. The maximum atomic E-state index is 2.49. The molecule has 16 rings (SSSR count). The van der Waals surface area contributed by atoms with Crippen LogP contribution in [0.2, 0.25) is 0 Å². The molecule has 0 heterocycles. The molecule has 4 aliphatic rings. The van der Waals surface area contributed by atoms with Crippen LogP contribution < -0.4 is 9.80 Å². The van der Waals surface area contributed by atoms with Crippen molar-refractivity contribution in [3.63, 3.8) is 0 Å². The molecule has 2 spiro atoms. The summed E-state index contributed by atoms with van der Waals surface area (Å²) in [6, 6.07) is 103. The Balaban J connectivity index is 0.787. The Labute approximate surface area is 462 Å². The van der Waals surface area contributed by atoms with Gasteiger partial charge in [-0.25, -0.2) is 0 Å². The van der Waals surface area contributed by atoms with Gasteiger partial charge in [0.25, 0.3) is 0 Å². The molecule has 0 saturated heterocycles. The molecule has 4 aliphatic carbocycles. The number of benzene rings is 12. The van der Waals surface area contributed by atoms with Crippen LogP contribution in [-0.4, -0.2) is 0 Å².